The topological polar surface area (TPSA) is 56.8 Å². The molecule has 1 aliphatic rings. The van der Waals surface area contributed by atoms with Gasteiger partial charge in [-0.3, -0.25) is 4.79 Å². The molecule has 6 heteroatoms. The Hall–Kier alpha value is -2.70. The van der Waals surface area contributed by atoms with Gasteiger partial charge in [-0.25, -0.2) is 0 Å². The Morgan fingerprint density at radius 3 is 2.47 bits per heavy atom. The van der Waals surface area contributed by atoms with Crippen molar-refractivity contribution in [3.8, 4) is 11.5 Å². The molecule has 1 saturated heterocycles. The molecule has 0 spiro atoms. The molecule has 158 valence electrons. The summed E-state index contributed by atoms with van der Waals surface area (Å²) in [5, 5.41) is 4.01. The highest BCUT2D eigenvalue weighted by molar-refractivity contribution is 8.02. The van der Waals surface area contributed by atoms with Gasteiger partial charge in [-0.2, -0.15) is 0 Å². The van der Waals surface area contributed by atoms with E-state index < -0.39 is 0 Å². The number of rotatable bonds is 9. The van der Waals surface area contributed by atoms with Crippen LogP contribution in [0.2, 0.25) is 0 Å². The highest BCUT2D eigenvalue weighted by Gasteiger charge is 2.14. The zero-order valence-corrected chi connectivity index (χ0v) is 18.1. The van der Waals surface area contributed by atoms with Crippen LogP contribution in [0.4, 0.5) is 5.69 Å². The lowest BCUT2D eigenvalue weighted by molar-refractivity contribution is -0.110. The first-order valence-corrected chi connectivity index (χ1v) is 11.2. The molecule has 3 rings (SSSR count). The lowest BCUT2D eigenvalue weighted by atomic mass is 10.2. The van der Waals surface area contributed by atoms with Gasteiger partial charge in [-0.15, -0.1) is 11.8 Å². The van der Waals surface area contributed by atoms with Gasteiger partial charge < -0.3 is 19.5 Å². The molecule has 1 atom stereocenters. The normalized spacial score (nSPS) is 17.0. The lowest BCUT2D eigenvalue weighted by Gasteiger charge is -2.23. The molecule has 0 saturated carbocycles. The summed E-state index contributed by atoms with van der Waals surface area (Å²) < 4.78 is 16.6. The van der Waals surface area contributed by atoms with E-state index in [0.717, 1.165) is 53.6 Å². The summed E-state index contributed by atoms with van der Waals surface area (Å²) in [5.41, 5.74) is 1.83. The molecule has 0 bridgehead atoms. The monoisotopic (exact) mass is 425 g/mol. The minimum absolute atomic E-state index is 0.0868. The van der Waals surface area contributed by atoms with Crippen LogP contribution < -0.4 is 14.8 Å². The van der Waals surface area contributed by atoms with Gasteiger partial charge in [0.05, 0.1) is 18.7 Å². The molecular weight excluding hydrogens is 398 g/mol. The minimum atomic E-state index is -0.157. The molecule has 0 aliphatic carbocycles. The maximum Gasteiger partial charge on any atom is 0.199 e. The number of thioether (sulfide) groups is 1. The number of methoxy groups -OCH3 is 1. The quantitative estimate of drug-likeness (QED) is 0.536. The molecule has 2 aromatic carbocycles. The van der Waals surface area contributed by atoms with Crippen molar-refractivity contribution in [2.75, 3.05) is 25.3 Å². The second-order valence-corrected chi connectivity index (χ2v) is 7.63. The van der Waals surface area contributed by atoms with Crippen molar-refractivity contribution in [2.45, 2.75) is 25.6 Å². The van der Waals surface area contributed by atoms with E-state index in [2.05, 4.69) is 5.32 Å². The van der Waals surface area contributed by atoms with Crippen molar-refractivity contribution in [3.63, 3.8) is 0 Å². The third-order valence-electron chi connectivity index (χ3n) is 4.58. The van der Waals surface area contributed by atoms with Crippen LogP contribution in [-0.2, 0) is 9.53 Å². The van der Waals surface area contributed by atoms with Crippen LogP contribution in [0.3, 0.4) is 0 Å². The molecule has 30 heavy (non-hydrogen) atoms. The molecule has 1 fully saturated rings. The van der Waals surface area contributed by atoms with Crippen molar-refractivity contribution in [2.24, 2.45) is 0 Å². The first-order valence-electron chi connectivity index (χ1n) is 9.93. The summed E-state index contributed by atoms with van der Waals surface area (Å²) in [5.74, 6) is 1.48. The summed E-state index contributed by atoms with van der Waals surface area (Å²) in [6, 6.07) is 15.2. The van der Waals surface area contributed by atoms with E-state index >= 15 is 0 Å². The average molecular weight is 426 g/mol. The van der Waals surface area contributed by atoms with Crippen LogP contribution >= 0.6 is 11.8 Å². The zero-order chi connectivity index (χ0) is 21.2. The van der Waals surface area contributed by atoms with Gasteiger partial charge in [-0.1, -0.05) is 18.2 Å². The van der Waals surface area contributed by atoms with E-state index in [-0.39, 0.29) is 12.1 Å². The Labute approximate surface area is 182 Å². The number of hydrogen-bond acceptors (Lipinski definition) is 6. The summed E-state index contributed by atoms with van der Waals surface area (Å²) in [4.78, 5) is 12.3. The third kappa shape index (κ3) is 6.97. The number of anilines is 1. The fourth-order valence-electron chi connectivity index (χ4n) is 2.93. The Balaban J connectivity index is 1.55. The maximum atomic E-state index is 12.3. The van der Waals surface area contributed by atoms with Gasteiger partial charge >= 0.3 is 0 Å². The minimum Gasteiger partial charge on any atom is -0.497 e. The second kappa shape index (κ2) is 11.5. The Bertz CT molecular complexity index is 869. The van der Waals surface area contributed by atoms with Crippen LogP contribution in [0.1, 0.15) is 24.8 Å². The molecular formula is C24H27NO4S. The van der Waals surface area contributed by atoms with Crippen molar-refractivity contribution >= 4 is 29.3 Å². The van der Waals surface area contributed by atoms with Crippen molar-refractivity contribution < 1.29 is 19.0 Å². The summed E-state index contributed by atoms with van der Waals surface area (Å²) >= 11 is 1.48. The van der Waals surface area contributed by atoms with E-state index in [1.165, 1.54) is 11.8 Å². The standard InChI is InChI=1S/C24H27NO4S/c1-27-21-14-9-19(10-15-21)25-23(30-2)17-20(26)11-6-18-7-12-22(13-8-18)29-24-5-3-4-16-28-24/h6-15,17,24-25H,3-5,16H2,1-2H3/b11-6+,23-17+. The second-order valence-electron chi connectivity index (χ2n) is 6.78. The number of carbonyl (C=O) groups excluding carboxylic acids is 1. The predicted molar refractivity (Wildman–Crippen MR) is 123 cm³/mol. The third-order valence-corrected chi connectivity index (χ3v) is 5.24. The highest BCUT2D eigenvalue weighted by Crippen LogP contribution is 2.21. The molecule has 0 aromatic heterocycles. The van der Waals surface area contributed by atoms with E-state index in [0.29, 0.717) is 0 Å². The zero-order valence-electron chi connectivity index (χ0n) is 17.3. The van der Waals surface area contributed by atoms with Gasteiger partial charge in [0.1, 0.15) is 11.5 Å². The fraction of sp³-hybridized carbons (Fsp3) is 0.292. The van der Waals surface area contributed by atoms with Gasteiger partial charge in [0, 0.05) is 18.2 Å². The molecule has 1 N–H and O–H groups in total. The number of ether oxygens (including phenoxy) is 3. The van der Waals surface area contributed by atoms with Crippen molar-refractivity contribution in [1.29, 1.82) is 0 Å². The number of ketones is 1. The van der Waals surface area contributed by atoms with E-state index in [1.807, 2.05) is 54.8 Å². The predicted octanol–water partition coefficient (Wildman–Crippen LogP) is 5.50. The number of hydrogen-bond donors (Lipinski definition) is 1. The van der Waals surface area contributed by atoms with Crippen LogP contribution in [0.5, 0.6) is 11.5 Å². The lowest BCUT2D eigenvalue weighted by Crippen LogP contribution is -2.24. The van der Waals surface area contributed by atoms with E-state index in [9.17, 15) is 4.79 Å². The molecule has 0 radical (unpaired) electrons. The SMILES string of the molecule is COc1ccc(N/C(=C\C(=O)/C=C/c2ccc(OC3CCCCO3)cc2)SC)cc1. The van der Waals surface area contributed by atoms with E-state index in [1.54, 1.807) is 25.3 Å². The molecule has 0 amide bonds. The van der Waals surface area contributed by atoms with Gasteiger partial charge in [0.25, 0.3) is 0 Å². The van der Waals surface area contributed by atoms with Crippen LogP contribution in [0.25, 0.3) is 6.08 Å². The highest BCUT2D eigenvalue weighted by atomic mass is 32.2. The van der Waals surface area contributed by atoms with Gasteiger partial charge in [0.2, 0.25) is 0 Å². The Morgan fingerprint density at radius 2 is 1.83 bits per heavy atom. The van der Waals surface area contributed by atoms with Gasteiger partial charge in [-0.05, 0) is 67.1 Å². The average Bonchev–Trinajstić information content (AvgIpc) is 2.79. The summed E-state index contributed by atoms with van der Waals surface area (Å²) in [6.07, 6.45) is 9.86. The molecule has 1 aliphatic heterocycles. The molecule has 1 heterocycles. The summed E-state index contributed by atoms with van der Waals surface area (Å²) in [7, 11) is 1.63. The first kappa shape index (κ1) is 22.0. The molecule has 1 unspecified atom stereocenters. The number of allylic oxidation sites excluding steroid dienone is 2. The van der Waals surface area contributed by atoms with Crippen LogP contribution in [0.15, 0.2) is 65.7 Å². The smallest absolute Gasteiger partial charge is 0.199 e. The summed E-state index contributed by atoms with van der Waals surface area (Å²) in [6.45, 7) is 0.756. The number of carbonyl (C=O) groups is 1. The maximum absolute atomic E-state index is 12.3. The first-order chi connectivity index (χ1) is 14.7. The van der Waals surface area contributed by atoms with Gasteiger partial charge in [0.15, 0.2) is 12.1 Å². The van der Waals surface area contributed by atoms with Crippen molar-refractivity contribution in [1.82, 2.24) is 0 Å². The number of benzene rings is 2. The van der Waals surface area contributed by atoms with Crippen molar-refractivity contribution in [3.05, 3.63) is 71.3 Å². The van der Waals surface area contributed by atoms with Crippen LogP contribution in [-0.4, -0.2) is 32.0 Å². The number of nitrogens with one attached hydrogen (secondary N) is 1. The Morgan fingerprint density at radius 1 is 1.10 bits per heavy atom. The molecule has 2 aromatic rings. The largest absolute Gasteiger partial charge is 0.497 e. The van der Waals surface area contributed by atoms with E-state index in [4.69, 9.17) is 14.2 Å². The Kier molecular flexibility index (Phi) is 8.41. The fourth-order valence-corrected chi connectivity index (χ4v) is 3.39. The molecule has 5 nitrogen and oxygen atoms in total. The van der Waals surface area contributed by atoms with Crippen LogP contribution in [0, 0.1) is 0 Å².